The molecule has 17 heavy (non-hydrogen) atoms. The fourth-order valence-corrected chi connectivity index (χ4v) is 3.04. The van der Waals surface area contributed by atoms with Crippen LogP contribution in [-0.2, 0) is 13.6 Å². The molecule has 0 bridgehead atoms. The Morgan fingerprint density at radius 2 is 2.12 bits per heavy atom. The van der Waals surface area contributed by atoms with Gasteiger partial charge in [-0.2, -0.15) is 0 Å². The van der Waals surface area contributed by atoms with Crippen molar-refractivity contribution < 1.29 is 0 Å². The Bertz CT molecular complexity index is 562. The first-order valence-electron chi connectivity index (χ1n) is 6.50. The van der Waals surface area contributed by atoms with Crippen LogP contribution in [0, 0.1) is 6.92 Å². The number of aromatic nitrogens is 1. The van der Waals surface area contributed by atoms with E-state index in [2.05, 4.69) is 36.7 Å². The Morgan fingerprint density at radius 1 is 1.35 bits per heavy atom. The van der Waals surface area contributed by atoms with Gasteiger partial charge >= 0.3 is 0 Å². The van der Waals surface area contributed by atoms with E-state index in [0.717, 1.165) is 5.92 Å². The summed E-state index contributed by atoms with van der Waals surface area (Å²) < 4.78 is 2.28. The van der Waals surface area contributed by atoms with E-state index in [-0.39, 0.29) is 0 Å². The predicted octanol–water partition coefficient (Wildman–Crippen LogP) is 3.21. The number of rotatable bonds is 2. The Labute approximate surface area is 102 Å². The summed E-state index contributed by atoms with van der Waals surface area (Å²) in [6, 6.07) is 6.74. The second-order valence-electron chi connectivity index (χ2n) is 5.27. The molecule has 0 amide bonds. The van der Waals surface area contributed by atoms with Gasteiger partial charge in [0.15, 0.2) is 0 Å². The highest BCUT2D eigenvalue weighted by Crippen LogP contribution is 2.42. The van der Waals surface area contributed by atoms with Crippen LogP contribution in [0.5, 0.6) is 0 Å². The van der Waals surface area contributed by atoms with Crippen LogP contribution in [0.15, 0.2) is 18.2 Å². The van der Waals surface area contributed by atoms with Crippen molar-refractivity contribution in [3.8, 4) is 0 Å². The number of aryl methyl sites for hydroxylation is 2. The lowest BCUT2D eigenvalue weighted by molar-refractivity contribution is 0.418. The molecule has 1 aliphatic carbocycles. The number of benzene rings is 1. The zero-order valence-corrected chi connectivity index (χ0v) is 10.7. The lowest BCUT2D eigenvalue weighted by Crippen LogP contribution is -2.13. The van der Waals surface area contributed by atoms with Crippen molar-refractivity contribution in [1.29, 1.82) is 0 Å². The predicted molar refractivity (Wildman–Crippen MR) is 72.1 cm³/mol. The molecule has 0 atom stereocenters. The van der Waals surface area contributed by atoms with E-state index in [1.54, 1.807) is 0 Å². The van der Waals surface area contributed by atoms with E-state index >= 15 is 0 Å². The van der Waals surface area contributed by atoms with Crippen molar-refractivity contribution in [3.05, 3.63) is 35.0 Å². The first kappa shape index (κ1) is 10.8. The molecule has 0 spiro atoms. The maximum Gasteiger partial charge on any atom is 0.0483 e. The summed E-state index contributed by atoms with van der Waals surface area (Å²) in [4.78, 5) is 0. The normalized spacial score (nSPS) is 16.4. The molecule has 1 aliphatic rings. The topological polar surface area (TPSA) is 30.9 Å². The molecule has 2 nitrogen and oxygen atoms in total. The van der Waals surface area contributed by atoms with Crippen LogP contribution in [0.2, 0.25) is 0 Å². The highest BCUT2D eigenvalue weighted by Gasteiger charge is 2.26. The smallest absolute Gasteiger partial charge is 0.0483 e. The molecule has 0 unspecified atom stereocenters. The van der Waals surface area contributed by atoms with Gasteiger partial charge in [-0.15, -0.1) is 0 Å². The second kappa shape index (κ2) is 3.88. The molecule has 1 saturated carbocycles. The molecule has 2 N–H and O–H groups in total. The van der Waals surface area contributed by atoms with Crippen molar-refractivity contribution >= 4 is 10.9 Å². The second-order valence-corrected chi connectivity index (χ2v) is 5.27. The fraction of sp³-hybridized carbons (Fsp3) is 0.467. The van der Waals surface area contributed by atoms with Crippen molar-refractivity contribution in [1.82, 2.24) is 4.57 Å². The van der Waals surface area contributed by atoms with Crippen LogP contribution < -0.4 is 5.73 Å². The molecule has 90 valence electrons. The maximum atomic E-state index is 5.95. The Balaban J connectivity index is 2.31. The minimum absolute atomic E-state index is 0.649. The minimum atomic E-state index is 0.649. The zero-order chi connectivity index (χ0) is 12.0. The molecule has 3 rings (SSSR count). The van der Waals surface area contributed by atoms with Crippen molar-refractivity contribution in [2.24, 2.45) is 12.8 Å². The van der Waals surface area contributed by atoms with Crippen molar-refractivity contribution in [3.63, 3.8) is 0 Å². The van der Waals surface area contributed by atoms with Gasteiger partial charge in [0.25, 0.3) is 0 Å². The standard InChI is InChI=1S/C15H20N2/c1-10-6-7-13-12(8-10)15(11-4-3-5-11)14(9-16)17(13)2/h6-8,11H,3-5,9,16H2,1-2H3. The van der Waals surface area contributed by atoms with E-state index in [1.807, 2.05) is 0 Å². The van der Waals surface area contributed by atoms with Gasteiger partial charge < -0.3 is 10.3 Å². The number of fused-ring (bicyclic) bond motifs is 1. The van der Waals surface area contributed by atoms with Gasteiger partial charge in [-0.25, -0.2) is 0 Å². The summed E-state index contributed by atoms with van der Waals surface area (Å²) in [5.41, 5.74) is 11.5. The molecule has 0 radical (unpaired) electrons. The molecule has 0 saturated heterocycles. The van der Waals surface area contributed by atoms with Crippen LogP contribution in [0.4, 0.5) is 0 Å². The third kappa shape index (κ3) is 1.51. The molecular formula is C15H20N2. The van der Waals surface area contributed by atoms with E-state index in [4.69, 9.17) is 5.73 Å². The van der Waals surface area contributed by atoms with Gasteiger partial charge in [0, 0.05) is 30.2 Å². The lowest BCUT2D eigenvalue weighted by Gasteiger charge is -2.26. The molecule has 1 fully saturated rings. The number of nitrogens with zero attached hydrogens (tertiary/aromatic N) is 1. The summed E-state index contributed by atoms with van der Waals surface area (Å²) in [5, 5.41) is 1.43. The molecule has 2 heteroatoms. The van der Waals surface area contributed by atoms with Crippen LogP contribution >= 0.6 is 0 Å². The quantitative estimate of drug-likeness (QED) is 0.840. The molecule has 1 heterocycles. The van der Waals surface area contributed by atoms with Gasteiger partial charge in [0.1, 0.15) is 0 Å². The highest BCUT2D eigenvalue weighted by atomic mass is 15.0. The first-order valence-corrected chi connectivity index (χ1v) is 6.50. The SMILES string of the molecule is Cc1ccc2c(c1)c(C1CCC1)c(CN)n2C. The number of hydrogen-bond donors (Lipinski definition) is 1. The summed E-state index contributed by atoms with van der Waals surface area (Å²) in [7, 11) is 2.14. The Hall–Kier alpha value is -1.28. The molecule has 1 aromatic carbocycles. The number of nitrogens with two attached hydrogens (primary N) is 1. The first-order chi connectivity index (χ1) is 8.22. The molecule has 1 aromatic heterocycles. The summed E-state index contributed by atoms with van der Waals surface area (Å²) in [6.45, 7) is 2.81. The Morgan fingerprint density at radius 3 is 2.71 bits per heavy atom. The maximum absolute atomic E-state index is 5.95. The highest BCUT2D eigenvalue weighted by molar-refractivity contribution is 5.87. The van der Waals surface area contributed by atoms with Gasteiger partial charge in [-0.05, 0) is 43.4 Å². The molecular weight excluding hydrogens is 208 g/mol. The van der Waals surface area contributed by atoms with E-state index < -0.39 is 0 Å². The van der Waals surface area contributed by atoms with Gasteiger partial charge in [0.05, 0.1) is 0 Å². The average Bonchev–Trinajstić information content (AvgIpc) is 2.50. The third-order valence-corrected chi connectivity index (χ3v) is 4.23. The van der Waals surface area contributed by atoms with E-state index in [9.17, 15) is 0 Å². The van der Waals surface area contributed by atoms with Crippen LogP contribution in [0.3, 0.4) is 0 Å². The third-order valence-electron chi connectivity index (χ3n) is 4.23. The number of hydrogen-bond acceptors (Lipinski definition) is 1. The van der Waals surface area contributed by atoms with Gasteiger partial charge in [0.2, 0.25) is 0 Å². The fourth-order valence-electron chi connectivity index (χ4n) is 3.04. The van der Waals surface area contributed by atoms with Crippen LogP contribution in [0.25, 0.3) is 10.9 Å². The zero-order valence-electron chi connectivity index (χ0n) is 10.7. The summed E-state index contributed by atoms with van der Waals surface area (Å²) >= 11 is 0. The van der Waals surface area contributed by atoms with E-state index in [1.165, 1.54) is 47.0 Å². The Kier molecular flexibility index (Phi) is 2.48. The van der Waals surface area contributed by atoms with Crippen molar-refractivity contribution in [2.45, 2.75) is 38.6 Å². The van der Waals surface area contributed by atoms with Crippen LogP contribution in [0.1, 0.15) is 42.0 Å². The molecule has 2 aromatic rings. The summed E-state index contributed by atoms with van der Waals surface area (Å²) in [5.74, 6) is 0.749. The van der Waals surface area contributed by atoms with Crippen molar-refractivity contribution in [2.75, 3.05) is 0 Å². The lowest BCUT2D eigenvalue weighted by atomic mass is 9.78. The molecule has 0 aliphatic heterocycles. The van der Waals surface area contributed by atoms with E-state index in [0.29, 0.717) is 6.54 Å². The van der Waals surface area contributed by atoms with Crippen LogP contribution in [-0.4, -0.2) is 4.57 Å². The minimum Gasteiger partial charge on any atom is -0.346 e. The van der Waals surface area contributed by atoms with Gasteiger partial charge in [-0.3, -0.25) is 0 Å². The largest absolute Gasteiger partial charge is 0.346 e. The monoisotopic (exact) mass is 228 g/mol. The average molecular weight is 228 g/mol. The van der Waals surface area contributed by atoms with Gasteiger partial charge in [-0.1, -0.05) is 18.1 Å². The summed E-state index contributed by atoms with van der Waals surface area (Å²) in [6.07, 6.45) is 4.04.